The van der Waals surface area contributed by atoms with Crippen molar-refractivity contribution in [3.05, 3.63) is 29.9 Å². The molecule has 0 saturated carbocycles. The van der Waals surface area contributed by atoms with Crippen LogP contribution in [0.4, 0.5) is 0 Å². The van der Waals surface area contributed by atoms with Crippen LogP contribution in [0.3, 0.4) is 0 Å². The molecule has 0 amide bonds. The first-order valence-electron chi connectivity index (χ1n) is 10.1. The van der Waals surface area contributed by atoms with Crippen molar-refractivity contribution in [2.45, 2.75) is 58.2 Å². The molecule has 0 radical (unpaired) electrons. The van der Waals surface area contributed by atoms with Crippen molar-refractivity contribution in [1.29, 1.82) is 0 Å². The predicted octanol–water partition coefficient (Wildman–Crippen LogP) is 2.01. The van der Waals surface area contributed by atoms with Gasteiger partial charge in [0.1, 0.15) is 17.5 Å². The smallest absolute Gasteiger partial charge is 0.147 e. The van der Waals surface area contributed by atoms with E-state index in [-0.39, 0.29) is 0 Å². The van der Waals surface area contributed by atoms with Gasteiger partial charge in [0.25, 0.3) is 0 Å². The van der Waals surface area contributed by atoms with Gasteiger partial charge in [0.2, 0.25) is 0 Å². The number of nitrogens with zero attached hydrogens (tertiary/aromatic N) is 7. The maximum atomic E-state index is 4.62. The number of piperidine rings is 1. The number of aryl methyl sites for hydroxylation is 1. The number of hydrogen-bond acceptors (Lipinski definition) is 5. The van der Waals surface area contributed by atoms with Crippen LogP contribution in [0.15, 0.2) is 12.4 Å². The maximum absolute atomic E-state index is 4.62. The Bertz CT molecular complexity index is 705. The molecule has 2 fully saturated rings. The Kier molecular flexibility index (Phi) is 5.36. The molecule has 2 saturated heterocycles. The first kappa shape index (κ1) is 17.7. The lowest BCUT2D eigenvalue weighted by molar-refractivity contribution is 0.194. The molecule has 26 heavy (non-hydrogen) atoms. The van der Waals surface area contributed by atoms with Gasteiger partial charge in [-0.05, 0) is 58.8 Å². The first-order chi connectivity index (χ1) is 12.7. The van der Waals surface area contributed by atoms with Crippen molar-refractivity contribution in [1.82, 2.24) is 34.1 Å². The quantitative estimate of drug-likeness (QED) is 0.792. The van der Waals surface area contributed by atoms with E-state index in [1.807, 2.05) is 12.4 Å². The van der Waals surface area contributed by atoms with Gasteiger partial charge in [-0.15, -0.1) is 10.2 Å². The fraction of sp³-hybridized carbons (Fsp3) is 0.737. The summed E-state index contributed by atoms with van der Waals surface area (Å²) in [6, 6.07) is 0. The lowest BCUT2D eigenvalue weighted by Crippen LogP contribution is -2.34. The van der Waals surface area contributed by atoms with Crippen molar-refractivity contribution in [3.63, 3.8) is 0 Å². The third-order valence-electron chi connectivity index (χ3n) is 5.97. The van der Waals surface area contributed by atoms with Crippen LogP contribution in [0.25, 0.3) is 0 Å². The van der Waals surface area contributed by atoms with Gasteiger partial charge in [0, 0.05) is 31.9 Å². The van der Waals surface area contributed by atoms with E-state index in [0.29, 0.717) is 5.92 Å². The number of aromatic nitrogens is 5. The second-order valence-corrected chi connectivity index (χ2v) is 7.71. The van der Waals surface area contributed by atoms with Gasteiger partial charge in [0.15, 0.2) is 0 Å². The second-order valence-electron chi connectivity index (χ2n) is 7.71. The molecule has 2 aromatic rings. The van der Waals surface area contributed by atoms with Crippen molar-refractivity contribution in [2.24, 2.45) is 7.05 Å². The number of rotatable bonds is 6. The third kappa shape index (κ3) is 3.69. The molecule has 0 bridgehead atoms. The molecule has 4 rings (SSSR count). The minimum atomic E-state index is 0.535. The van der Waals surface area contributed by atoms with Gasteiger partial charge in [-0.1, -0.05) is 0 Å². The Labute approximate surface area is 156 Å². The summed E-state index contributed by atoms with van der Waals surface area (Å²) in [5, 5.41) is 9.18. The van der Waals surface area contributed by atoms with Crippen molar-refractivity contribution < 1.29 is 0 Å². The Morgan fingerprint density at radius 3 is 2.31 bits per heavy atom. The fourth-order valence-corrected chi connectivity index (χ4v) is 4.35. The monoisotopic (exact) mass is 357 g/mol. The summed E-state index contributed by atoms with van der Waals surface area (Å²) in [5.41, 5.74) is 0. The van der Waals surface area contributed by atoms with Crippen LogP contribution in [-0.4, -0.2) is 60.3 Å². The molecule has 0 N–H and O–H groups in total. The van der Waals surface area contributed by atoms with E-state index in [0.717, 1.165) is 57.2 Å². The zero-order valence-corrected chi connectivity index (χ0v) is 16.1. The average Bonchev–Trinajstić information content (AvgIpc) is 3.39. The van der Waals surface area contributed by atoms with E-state index in [1.165, 1.54) is 31.8 Å². The van der Waals surface area contributed by atoms with Gasteiger partial charge >= 0.3 is 0 Å². The minimum Gasteiger partial charge on any atom is -0.337 e. The summed E-state index contributed by atoms with van der Waals surface area (Å²) in [5.74, 6) is 4.04. The van der Waals surface area contributed by atoms with Crippen LogP contribution in [0.1, 0.15) is 56.0 Å². The van der Waals surface area contributed by atoms with Gasteiger partial charge < -0.3 is 9.13 Å². The summed E-state index contributed by atoms with van der Waals surface area (Å²) in [7, 11) is 2.07. The van der Waals surface area contributed by atoms with Gasteiger partial charge in [-0.3, -0.25) is 9.80 Å². The zero-order valence-electron chi connectivity index (χ0n) is 16.1. The topological polar surface area (TPSA) is 55.0 Å². The molecule has 0 unspecified atom stereocenters. The van der Waals surface area contributed by atoms with E-state index in [2.05, 4.69) is 48.1 Å². The second kappa shape index (κ2) is 7.88. The molecule has 0 atom stereocenters. The van der Waals surface area contributed by atoms with Crippen LogP contribution in [0.2, 0.25) is 0 Å². The highest BCUT2D eigenvalue weighted by molar-refractivity contribution is 5.05. The molecular formula is C19H31N7. The molecule has 0 aromatic carbocycles. The van der Waals surface area contributed by atoms with E-state index in [1.54, 1.807) is 0 Å². The molecule has 0 aliphatic carbocycles. The summed E-state index contributed by atoms with van der Waals surface area (Å²) in [6.45, 7) is 9.71. The van der Waals surface area contributed by atoms with Crippen LogP contribution in [0, 0.1) is 0 Å². The highest BCUT2D eigenvalue weighted by Crippen LogP contribution is 2.28. The average molecular weight is 358 g/mol. The maximum Gasteiger partial charge on any atom is 0.147 e. The molecule has 142 valence electrons. The van der Waals surface area contributed by atoms with Crippen molar-refractivity contribution in [3.8, 4) is 0 Å². The Morgan fingerprint density at radius 1 is 0.962 bits per heavy atom. The van der Waals surface area contributed by atoms with E-state index in [9.17, 15) is 0 Å². The molecule has 7 heteroatoms. The largest absolute Gasteiger partial charge is 0.337 e. The highest BCUT2D eigenvalue weighted by Gasteiger charge is 2.27. The number of likely N-dealkylation sites (tertiary alicyclic amines) is 2. The number of hydrogen-bond donors (Lipinski definition) is 0. The molecule has 2 aliphatic heterocycles. The molecule has 2 aromatic heterocycles. The van der Waals surface area contributed by atoms with Crippen LogP contribution >= 0.6 is 0 Å². The highest BCUT2D eigenvalue weighted by atomic mass is 15.3. The van der Waals surface area contributed by atoms with Gasteiger partial charge in [-0.2, -0.15) is 0 Å². The lowest BCUT2D eigenvalue weighted by atomic mass is 9.96. The zero-order chi connectivity index (χ0) is 17.9. The summed E-state index contributed by atoms with van der Waals surface area (Å²) in [4.78, 5) is 9.48. The SMILES string of the molecule is CCn1c(CN2CCCC2)nnc1C1CCN(Cc2nccn2C)CC1. The third-order valence-corrected chi connectivity index (χ3v) is 5.97. The Balaban J connectivity index is 1.37. The van der Waals surface area contributed by atoms with E-state index >= 15 is 0 Å². The molecule has 7 nitrogen and oxygen atoms in total. The van der Waals surface area contributed by atoms with Crippen molar-refractivity contribution >= 4 is 0 Å². The van der Waals surface area contributed by atoms with Crippen LogP contribution < -0.4 is 0 Å². The molecule has 2 aliphatic rings. The Hall–Kier alpha value is -1.73. The van der Waals surface area contributed by atoms with Gasteiger partial charge in [0.05, 0.1) is 13.1 Å². The summed E-state index contributed by atoms with van der Waals surface area (Å²) in [6.07, 6.45) is 8.86. The number of imidazole rings is 1. The van der Waals surface area contributed by atoms with E-state index in [4.69, 9.17) is 0 Å². The lowest BCUT2D eigenvalue weighted by Gasteiger charge is -2.31. The summed E-state index contributed by atoms with van der Waals surface area (Å²) >= 11 is 0. The van der Waals surface area contributed by atoms with Crippen molar-refractivity contribution in [2.75, 3.05) is 26.2 Å². The molecular weight excluding hydrogens is 326 g/mol. The summed E-state index contributed by atoms with van der Waals surface area (Å²) < 4.78 is 4.49. The standard InChI is InChI=1S/C19H31N7/c1-3-26-18(15-24-9-4-5-10-24)21-22-19(26)16-6-11-25(12-7-16)14-17-20-8-13-23(17)2/h8,13,16H,3-7,9-12,14-15H2,1-2H3. The minimum absolute atomic E-state index is 0.535. The van der Waals surface area contributed by atoms with E-state index < -0.39 is 0 Å². The first-order valence-corrected chi connectivity index (χ1v) is 10.1. The Morgan fingerprint density at radius 2 is 1.65 bits per heavy atom. The van der Waals surface area contributed by atoms with Crippen LogP contribution in [-0.2, 0) is 26.7 Å². The molecule has 4 heterocycles. The molecule has 0 spiro atoms. The van der Waals surface area contributed by atoms with Crippen LogP contribution in [0.5, 0.6) is 0 Å². The fourth-order valence-electron chi connectivity index (χ4n) is 4.35. The normalized spacial score (nSPS) is 20.2. The predicted molar refractivity (Wildman–Crippen MR) is 101 cm³/mol. The van der Waals surface area contributed by atoms with Gasteiger partial charge in [-0.25, -0.2) is 4.98 Å².